The highest BCUT2D eigenvalue weighted by Gasteiger charge is 2.23. The normalized spacial score (nSPS) is 10.2. The lowest BCUT2D eigenvalue weighted by Gasteiger charge is -2.11. The maximum atomic E-state index is 12.5. The Morgan fingerprint density at radius 1 is 0.941 bits per heavy atom. The van der Waals surface area contributed by atoms with Gasteiger partial charge in [-0.3, -0.25) is 0 Å². The fourth-order valence-corrected chi connectivity index (χ4v) is 2.02. The Hall–Kier alpha value is -0.190. The molecule has 0 atom stereocenters. The van der Waals surface area contributed by atoms with E-state index in [1.165, 1.54) is 0 Å². The van der Waals surface area contributed by atoms with E-state index in [1.54, 1.807) is 0 Å². The molecule has 1 rings (SSSR count). The van der Waals surface area contributed by atoms with Crippen molar-refractivity contribution in [3.8, 4) is 5.75 Å². The van der Waals surface area contributed by atoms with Crippen LogP contribution in [0.15, 0.2) is 12.4 Å². The molecule has 2 nitrogen and oxygen atoms in total. The summed E-state index contributed by atoms with van der Waals surface area (Å²) in [6.45, 7) is 2.75. The van der Waals surface area contributed by atoms with Crippen LogP contribution in [-0.2, 0) is 4.79 Å². The summed E-state index contributed by atoms with van der Waals surface area (Å²) in [6, 6.07) is 0. The molecule has 8 heteroatoms. The molecule has 0 aliphatic carbocycles. The molecule has 0 aliphatic heterocycles. The maximum Gasteiger partial charge on any atom is 0.372 e. The molecule has 0 spiro atoms. The van der Waals surface area contributed by atoms with Gasteiger partial charge in [0.05, 0.1) is 15.1 Å². The lowest BCUT2D eigenvalue weighted by molar-refractivity contribution is -0.131. The third-order valence-corrected chi connectivity index (χ3v) is 3.83. The molecule has 0 saturated heterocycles. The first-order valence-electron chi connectivity index (χ1n) is 3.85. The molecule has 0 fully saturated rings. The molecule has 0 N–H and O–H groups in total. The van der Waals surface area contributed by atoms with Gasteiger partial charge in [0.25, 0.3) is 0 Å². The minimum atomic E-state index is -1.36. The Morgan fingerprint density at radius 2 is 1.29 bits per heavy atom. The minimum Gasteiger partial charge on any atom is -0.418 e. The molecule has 0 aromatic heterocycles. The first-order chi connectivity index (χ1) is 7.77. The largest absolute Gasteiger partial charge is 0.418 e. The smallest absolute Gasteiger partial charge is 0.372 e. The van der Waals surface area contributed by atoms with Crippen LogP contribution in [0.4, 0.5) is 4.39 Å². The van der Waals surface area contributed by atoms with Crippen LogP contribution in [0.2, 0.25) is 25.1 Å². The van der Waals surface area contributed by atoms with Crippen molar-refractivity contribution in [2.24, 2.45) is 0 Å². The van der Waals surface area contributed by atoms with Crippen LogP contribution in [0, 0.1) is 0 Å². The van der Waals surface area contributed by atoms with E-state index in [-0.39, 0.29) is 30.9 Å². The van der Waals surface area contributed by atoms with Crippen LogP contribution in [0.5, 0.6) is 5.75 Å². The van der Waals surface area contributed by atoms with E-state index in [1.807, 2.05) is 0 Å². The molecule has 0 aliphatic rings. The van der Waals surface area contributed by atoms with Gasteiger partial charge in [-0.15, -0.1) is 0 Å². The van der Waals surface area contributed by atoms with E-state index in [0.717, 1.165) is 0 Å². The number of halogens is 6. The highest BCUT2D eigenvalue weighted by atomic mass is 35.5. The summed E-state index contributed by atoms with van der Waals surface area (Å²) in [4.78, 5) is 11.0. The molecule has 92 valence electrons. The number of benzene rings is 1. The average Bonchev–Trinajstić information content (AvgIpc) is 2.29. The van der Waals surface area contributed by atoms with E-state index in [0.29, 0.717) is 0 Å². The molecular weight excluding hydrogens is 336 g/mol. The highest BCUT2D eigenvalue weighted by molar-refractivity contribution is 6.55. The van der Waals surface area contributed by atoms with E-state index in [2.05, 4.69) is 11.3 Å². The Bertz CT molecular complexity index is 486. The molecule has 0 amide bonds. The number of hydrogen-bond acceptors (Lipinski definition) is 2. The fourth-order valence-electron chi connectivity index (χ4n) is 0.822. The van der Waals surface area contributed by atoms with Crippen LogP contribution in [0.3, 0.4) is 0 Å². The summed E-state index contributed by atoms with van der Waals surface area (Å²) in [5.41, 5.74) is 0. The number of rotatable bonds is 2. The van der Waals surface area contributed by atoms with E-state index in [4.69, 9.17) is 58.0 Å². The van der Waals surface area contributed by atoms with Crippen molar-refractivity contribution in [2.75, 3.05) is 0 Å². The van der Waals surface area contributed by atoms with Gasteiger partial charge in [-0.05, 0) is 0 Å². The summed E-state index contributed by atoms with van der Waals surface area (Å²) < 4.78 is 17.0. The third-order valence-electron chi connectivity index (χ3n) is 1.59. The highest BCUT2D eigenvalue weighted by Crippen LogP contribution is 2.48. The van der Waals surface area contributed by atoms with Gasteiger partial charge in [-0.2, -0.15) is 4.39 Å². The van der Waals surface area contributed by atoms with Gasteiger partial charge in [0.1, 0.15) is 10.0 Å². The molecule has 0 saturated carbocycles. The van der Waals surface area contributed by atoms with Crippen LogP contribution in [0.25, 0.3) is 0 Å². The third kappa shape index (κ3) is 2.98. The SMILES string of the molecule is C=C(F)C(=O)Oc1c(Cl)c(Cl)c(Cl)c(Cl)c1Cl. The Kier molecular flexibility index (Phi) is 4.93. The van der Waals surface area contributed by atoms with Crippen molar-refractivity contribution in [3.63, 3.8) is 0 Å². The summed E-state index contributed by atoms with van der Waals surface area (Å²) in [7, 11) is 0. The molecule has 0 radical (unpaired) electrons. The van der Waals surface area contributed by atoms with Crippen molar-refractivity contribution in [1.29, 1.82) is 0 Å². The first kappa shape index (κ1) is 14.9. The Labute approximate surface area is 121 Å². The minimum absolute atomic E-state index is 0.0952. The number of ether oxygens (including phenoxy) is 1. The quantitative estimate of drug-likeness (QED) is 0.239. The topological polar surface area (TPSA) is 26.3 Å². The molecule has 17 heavy (non-hydrogen) atoms. The van der Waals surface area contributed by atoms with Crippen molar-refractivity contribution in [1.82, 2.24) is 0 Å². The van der Waals surface area contributed by atoms with E-state index >= 15 is 0 Å². The Morgan fingerprint density at radius 3 is 1.65 bits per heavy atom. The first-order valence-corrected chi connectivity index (χ1v) is 5.74. The summed E-state index contributed by atoms with van der Waals surface area (Å²) in [5, 5.41) is -0.909. The predicted octanol–water partition coefficient (Wildman–Crippen LogP) is 5.34. The lowest BCUT2D eigenvalue weighted by Crippen LogP contribution is -2.08. The monoisotopic (exact) mass is 336 g/mol. The second-order valence-corrected chi connectivity index (χ2v) is 4.58. The Balaban J connectivity index is 3.35. The van der Waals surface area contributed by atoms with Crippen LogP contribution < -0.4 is 4.74 Å². The average molecular weight is 338 g/mol. The van der Waals surface area contributed by atoms with Crippen molar-refractivity contribution < 1.29 is 13.9 Å². The molecule has 0 heterocycles. The molecular formula is C9H2Cl5FO2. The zero-order valence-corrected chi connectivity index (χ0v) is 11.6. The zero-order chi connectivity index (χ0) is 13.3. The van der Waals surface area contributed by atoms with E-state index in [9.17, 15) is 9.18 Å². The number of esters is 1. The van der Waals surface area contributed by atoms with Gasteiger partial charge < -0.3 is 4.74 Å². The van der Waals surface area contributed by atoms with Crippen molar-refractivity contribution in [2.45, 2.75) is 0 Å². The van der Waals surface area contributed by atoms with Gasteiger partial charge >= 0.3 is 5.97 Å². The van der Waals surface area contributed by atoms with Crippen molar-refractivity contribution >= 4 is 64.0 Å². The second kappa shape index (κ2) is 5.63. The van der Waals surface area contributed by atoms with Crippen LogP contribution in [-0.4, -0.2) is 5.97 Å². The standard InChI is InChI=1S/C9H2Cl5FO2/c1-2(15)9(16)17-8-6(13)4(11)3(10)5(12)7(8)14/h1H2. The molecule has 0 unspecified atom stereocenters. The number of carbonyl (C=O) groups is 1. The number of carbonyl (C=O) groups excluding carboxylic acids is 1. The van der Waals surface area contributed by atoms with Gasteiger partial charge in [-0.1, -0.05) is 64.6 Å². The second-order valence-electron chi connectivity index (χ2n) is 2.69. The van der Waals surface area contributed by atoms with Crippen LogP contribution in [0.1, 0.15) is 0 Å². The van der Waals surface area contributed by atoms with Gasteiger partial charge in [-0.25, -0.2) is 4.79 Å². The summed E-state index contributed by atoms with van der Waals surface area (Å²) >= 11 is 28.6. The molecule has 1 aromatic carbocycles. The van der Waals surface area contributed by atoms with Gasteiger partial charge in [0.2, 0.25) is 5.83 Å². The predicted molar refractivity (Wildman–Crippen MR) is 67.4 cm³/mol. The van der Waals surface area contributed by atoms with E-state index < -0.39 is 11.8 Å². The summed E-state index contributed by atoms with van der Waals surface area (Å²) in [5.74, 6) is -3.06. The molecule has 1 aromatic rings. The van der Waals surface area contributed by atoms with Crippen LogP contribution >= 0.6 is 58.0 Å². The molecule has 0 bridgehead atoms. The van der Waals surface area contributed by atoms with Gasteiger partial charge in [0, 0.05) is 0 Å². The zero-order valence-electron chi connectivity index (χ0n) is 7.79. The lowest BCUT2D eigenvalue weighted by atomic mass is 10.3. The maximum absolute atomic E-state index is 12.5. The van der Waals surface area contributed by atoms with Gasteiger partial charge in [0.15, 0.2) is 5.75 Å². The fraction of sp³-hybridized carbons (Fsp3) is 0. The summed E-state index contributed by atoms with van der Waals surface area (Å²) in [6.07, 6.45) is 0. The number of hydrogen-bond donors (Lipinski definition) is 0. The van der Waals surface area contributed by atoms with Crippen molar-refractivity contribution in [3.05, 3.63) is 37.5 Å².